The molecule has 1 aliphatic heterocycles. The molecule has 8 nitrogen and oxygen atoms in total. The van der Waals surface area contributed by atoms with E-state index in [2.05, 4.69) is 9.98 Å². The number of aliphatic imine (C=N–C) groups is 1. The van der Waals surface area contributed by atoms with Gasteiger partial charge in [-0.15, -0.1) is 0 Å². The first-order valence-electron chi connectivity index (χ1n) is 11.7. The van der Waals surface area contributed by atoms with E-state index in [1.54, 1.807) is 6.20 Å². The maximum absolute atomic E-state index is 15.4. The van der Waals surface area contributed by atoms with E-state index in [0.717, 1.165) is 7.11 Å². The molecule has 2 unspecified atom stereocenters. The maximum atomic E-state index is 15.4. The molecule has 3 rings (SSSR count). The summed E-state index contributed by atoms with van der Waals surface area (Å²) in [6.45, 7) is 1.56. The molecule has 2 N–H and O–H groups in total. The van der Waals surface area contributed by atoms with Gasteiger partial charge in [0.2, 0.25) is 0 Å². The Morgan fingerprint density at radius 3 is 2.51 bits per heavy atom. The second kappa shape index (κ2) is 12.2. The zero-order valence-corrected chi connectivity index (χ0v) is 21.9. The highest BCUT2D eigenvalue weighted by atomic mass is 35.5. The van der Waals surface area contributed by atoms with Gasteiger partial charge < -0.3 is 19.8 Å². The van der Waals surface area contributed by atoms with Crippen LogP contribution in [0.25, 0.3) is 0 Å². The lowest BCUT2D eigenvalue weighted by Crippen LogP contribution is -2.40. The molecule has 1 aromatic heterocycles. The number of rotatable bonds is 9. The number of hydrogen-bond donors (Lipinski definition) is 1. The zero-order chi connectivity index (χ0) is 29.1. The number of esters is 2. The minimum Gasteiger partial charge on any atom is -0.468 e. The minimum atomic E-state index is -5.21. The molecular weight excluding hydrogens is 551 g/mol. The van der Waals surface area contributed by atoms with Gasteiger partial charge in [0.1, 0.15) is 18.4 Å². The summed E-state index contributed by atoms with van der Waals surface area (Å²) in [6.07, 6.45) is -2.66. The number of nitrogens with zero attached hydrogens (tertiary/aromatic N) is 3. The molecule has 0 aliphatic carbocycles. The van der Waals surface area contributed by atoms with Gasteiger partial charge in [0, 0.05) is 24.1 Å². The monoisotopic (exact) mass is 576 g/mol. The third-order valence-electron chi connectivity index (χ3n) is 5.90. The third kappa shape index (κ3) is 6.47. The Morgan fingerprint density at radius 1 is 1.26 bits per heavy atom. The summed E-state index contributed by atoms with van der Waals surface area (Å²) in [5.74, 6) is -7.79. The van der Waals surface area contributed by atoms with Crippen LogP contribution in [0.4, 0.5) is 22.0 Å². The van der Waals surface area contributed by atoms with Crippen molar-refractivity contribution in [3.05, 3.63) is 63.6 Å². The number of imidazole rings is 1. The number of nitrogens with two attached hydrogens (primary N) is 1. The van der Waals surface area contributed by atoms with Crippen LogP contribution in [-0.4, -0.2) is 53.6 Å². The minimum absolute atomic E-state index is 0.248. The number of carbonyl (C=O) groups is 2. The van der Waals surface area contributed by atoms with E-state index in [9.17, 15) is 27.2 Å². The van der Waals surface area contributed by atoms with Crippen LogP contribution >= 0.6 is 11.6 Å². The summed E-state index contributed by atoms with van der Waals surface area (Å²) in [6, 6.07) is 1.37. The molecule has 14 heteroatoms. The van der Waals surface area contributed by atoms with E-state index in [1.807, 2.05) is 0 Å². The van der Waals surface area contributed by atoms with Gasteiger partial charge in [-0.25, -0.2) is 18.6 Å². The first-order valence-corrected chi connectivity index (χ1v) is 12.1. The van der Waals surface area contributed by atoms with Gasteiger partial charge in [-0.3, -0.25) is 9.79 Å². The largest absolute Gasteiger partial charge is 0.468 e. The summed E-state index contributed by atoms with van der Waals surface area (Å²) in [5.41, 5.74) is 1.99. The quantitative estimate of drug-likeness (QED) is 0.350. The van der Waals surface area contributed by atoms with Crippen molar-refractivity contribution >= 4 is 29.3 Å². The summed E-state index contributed by atoms with van der Waals surface area (Å²) in [7, 11) is 0.921. The predicted octanol–water partition coefficient (Wildman–Crippen LogP) is 4.40. The van der Waals surface area contributed by atoms with Crippen LogP contribution in [-0.2, 0) is 38.2 Å². The highest BCUT2D eigenvalue weighted by Gasteiger charge is 2.50. The van der Waals surface area contributed by atoms with E-state index in [4.69, 9.17) is 26.8 Å². The van der Waals surface area contributed by atoms with Gasteiger partial charge in [-0.1, -0.05) is 11.6 Å². The van der Waals surface area contributed by atoms with Crippen molar-refractivity contribution in [2.75, 3.05) is 20.3 Å². The molecule has 0 amide bonds. The van der Waals surface area contributed by atoms with Crippen LogP contribution in [0.1, 0.15) is 36.6 Å². The molecule has 2 atom stereocenters. The Labute approximate surface area is 225 Å². The number of benzene rings is 1. The molecule has 0 radical (unpaired) electrons. The Bertz CT molecular complexity index is 1310. The lowest BCUT2D eigenvalue weighted by atomic mass is 9.73. The molecule has 1 aliphatic rings. The Hall–Kier alpha value is -3.32. The third-order valence-corrected chi connectivity index (χ3v) is 6.22. The number of carbonyl (C=O) groups excluding carboxylic acids is 2. The van der Waals surface area contributed by atoms with Gasteiger partial charge in [0.15, 0.2) is 0 Å². The number of hydrogen-bond acceptors (Lipinski definition) is 7. The summed E-state index contributed by atoms with van der Waals surface area (Å²) in [4.78, 5) is 34.6. The highest BCUT2D eigenvalue weighted by Crippen LogP contribution is 2.48. The second-order valence-electron chi connectivity index (χ2n) is 8.92. The fraction of sp³-hybridized carbons (Fsp3) is 0.440. The molecule has 39 heavy (non-hydrogen) atoms. The normalized spacial score (nSPS) is 17.9. The number of methoxy groups -OCH3 is 1. The topological polar surface area (TPSA) is 109 Å². The molecule has 0 bridgehead atoms. The molecule has 0 spiro atoms. The summed E-state index contributed by atoms with van der Waals surface area (Å²) in [5, 5.41) is -0.883. The van der Waals surface area contributed by atoms with Crippen molar-refractivity contribution in [1.82, 2.24) is 9.55 Å². The van der Waals surface area contributed by atoms with Crippen molar-refractivity contribution < 1.29 is 41.0 Å². The number of allylic oxidation sites excluding steroid dienone is 1. The molecule has 1 aromatic carbocycles. The Kier molecular flexibility index (Phi) is 9.49. The number of halogens is 6. The van der Waals surface area contributed by atoms with Crippen molar-refractivity contribution in [2.24, 2.45) is 16.6 Å². The van der Waals surface area contributed by atoms with Gasteiger partial charge in [-0.05, 0) is 32.5 Å². The summed E-state index contributed by atoms with van der Waals surface area (Å²) < 4.78 is 84.0. The molecule has 0 saturated heterocycles. The highest BCUT2D eigenvalue weighted by molar-refractivity contribution is 6.31. The zero-order valence-electron chi connectivity index (χ0n) is 21.2. The molecule has 212 valence electrons. The van der Waals surface area contributed by atoms with E-state index >= 15 is 4.39 Å². The maximum Gasteiger partial charge on any atom is 0.418 e. The van der Waals surface area contributed by atoms with Crippen LogP contribution in [0, 0.1) is 11.7 Å². The summed E-state index contributed by atoms with van der Waals surface area (Å²) >= 11 is 5.88. The van der Waals surface area contributed by atoms with Gasteiger partial charge in [0.05, 0.1) is 59.3 Å². The number of alkyl halides is 4. The average molecular weight is 577 g/mol. The molecule has 2 heterocycles. The van der Waals surface area contributed by atoms with Gasteiger partial charge in [-0.2, -0.15) is 13.2 Å². The SMILES string of the molecule is COC(=O)C1C(CF)=NC(Cn2cnc(CCN)c2)=C(C(=O)OC(C)C)C1c1c(F)ccc(Cl)c1C(F)(F)F. The number of aromatic nitrogens is 2. The Balaban J connectivity index is 2.41. The molecular formula is C25H26ClF5N4O4. The fourth-order valence-corrected chi connectivity index (χ4v) is 4.68. The first kappa shape index (κ1) is 30.2. The van der Waals surface area contributed by atoms with Crippen LogP contribution in [0.3, 0.4) is 0 Å². The van der Waals surface area contributed by atoms with Crippen molar-refractivity contribution in [2.45, 2.75) is 45.0 Å². The van der Waals surface area contributed by atoms with Crippen LogP contribution < -0.4 is 5.73 Å². The standard InChI is InChI=1S/C25H26ClF5N4O4/c1-12(2)39-24(37)20-17(10-35-9-13(6-7-32)33-11-35)34-16(8-27)19(23(36)38-3)21(20)18-15(28)5-4-14(26)22(18)25(29,30)31/h4-5,9,11-12,19,21H,6-8,10,32H2,1-3H3. The van der Waals surface area contributed by atoms with E-state index in [0.29, 0.717) is 24.2 Å². The molecule has 0 fully saturated rings. The Morgan fingerprint density at radius 2 is 1.95 bits per heavy atom. The van der Waals surface area contributed by atoms with E-state index in [-0.39, 0.29) is 18.8 Å². The van der Waals surface area contributed by atoms with Gasteiger partial charge >= 0.3 is 18.1 Å². The lowest BCUT2D eigenvalue weighted by molar-refractivity contribution is -0.146. The smallest absolute Gasteiger partial charge is 0.418 e. The van der Waals surface area contributed by atoms with E-state index in [1.165, 1.54) is 24.7 Å². The second-order valence-corrected chi connectivity index (χ2v) is 9.33. The molecule has 2 aromatic rings. The van der Waals surface area contributed by atoms with Crippen LogP contribution in [0.2, 0.25) is 5.02 Å². The van der Waals surface area contributed by atoms with Crippen LogP contribution in [0.5, 0.6) is 0 Å². The number of ether oxygens (including phenoxy) is 2. The average Bonchev–Trinajstić information content (AvgIpc) is 3.29. The van der Waals surface area contributed by atoms with Crippen molar-refractivity contribution in [3.63, 3.8) is 0 Å². The van der Waals surface area contributed by atoms with Crippen molar-refractivity contribution in [3.8, 4) is 0 Å². The van der Waals surface area contributed by atoms with Gasteiger partial charge in [0.25, 0.3) is 0 Å². The first-order chi connectivity index (χ1) is 18.3. The van der Waals surface area contributed by atoms with Crippen LogP contribution in [0.15, 0.2) is 40.9 Å². The van der Waals surface area contributed by atoms with E-state index < -0.39 is 76.0 Å². The lowest BCUT2D eigenvalue weighted by Gasteiger charge is -2.34. The fourth-order valence-electron chi connectivity index (χ4n) is 4.41. The predicted molar refractivity (Wildman–Crippen MR) is 131 cm³/mol. The molecule has 0 saturated carbocycles. The van der Waals surface area contributed by atoms with Crippen molar-refractivity contribution in [1.29, 1.82) is 0 Å².